The molecule has 1 aromatic carbocycles. The number of hydrogen-bond donors (Lipinski definition) is 1. The number of carbonyl (C=O) groups is 1. The molecule has 2 rings (SSSR count). The van der Waals surface area contributed by atoms with Crippen LogP contribution in [0.5, 0.6) is 5.75 Å². The van der Waals surface area contributed by atoms with E-state index in [1.807, 2.05) is 18.2 Å². The second-order valence-electron chi connectivity index (χ2n) is 3.35. The Morgan fingerprint density at radius 1 is 1.60 bits per heavy atom. The summed E-state index contributed by atoms with van der Waals surface area (Å²) in [7, 11) is 1.38. The quantitative estimate of drug-likeness (QED) is 0.757. The molecule has 0 saturated carbocycles. The standard InChI is InChI=1S/C11H13NO3/c1-14-11(13)7-12-9-2-3-10-8(6-9)4-5-15-10/h2-3,6,12H,4-5,7H2,1H3. The fraction of sp³-hybridized carbons (Fsp3) is 0.364. The van der Waals surface area contributed by atoms with Gasteiger partial charge in [0.2, 0.25) is 0 Å². The largest absolute Gasteiger partial charge is 0.493 e. The molecule has 15 heavy (non-hydrogen) atoms. The van der Waals surface area contributed by atoms with Gasteiger partial charge in [-0.05, 0) is 23.8 Å². The van der Waals surface area contributed by atoms with Crippen LogP contribution in [0.2, 0.25) is 0 Å². The Hall–Kier alpha value is -1.71. The predicted octanol–water partition coefficient (Wildman–Crippen LogP) is 1.21. The van der Waals surface area contributed by atoms with Crippen LogP contribution in [0, 0.1) is 0 Å². The molecule has 0 aliphatic carbocycles. The van der Waals surface area contributed by atoms with E-state index in [0.29, 0.717) is 0 Å². The van der Waals surface area contributed by atoms with Crippen molar-refractivity contribution in [1.29, 1.82) is 0 Å². The molecule has 0 bridgehead atoms. The Bertz CT molecular complexity index is 376. The Morgan fingerprint density at radius 3 is 3.27 bits per heavy atom. The molecule has 0 atom stereocenters. The van der Waals surface area contributed by atoms with E-state index in [1.54, 1.807) is 0 Å². The molecule has 0 aromatic heterocycles. The molecule has 0 unspecified atom stereocenters. The maximum atomic E-state index is 10.9. The summed E-state index contributed by atoms with van der Waals surface area (Å²) in [5.41, 5.74) is 2.11. The smallest absolute Gasteiger partial charge is 0.325 e. The monoisotopic (exact) mass is 207 g/mol. The maximum absolute atomic E-state index is 10.9. The van der Waals surface area contributed by atoms with Gasteiger partial charge in [-0.1, -0.05) is 0 Å². The molecule has 1 aromatic rings. The number of ether oxygens (including phenoxy) is 2. The highest BCUT2D eigenvalue weighted by molar-refractivity contribution is 5.75. The average molecular weight is 207 g/mol. The molecule has 0 fully saturated rings. The molecular weight excluding hydrogens is 194 g/mol. The molecular formula is C11H13NO3. The SMILES string of the molecule is COC(=O)CNc1ccc2c(c1)CCO2. The first-order chi connectivity index (χ1) is 7.29. The molecule has 1 N–H and O–H groups in total. The van der Waals surface area contributed by atoms with Gasteiger partial charge in [0.1, 0.15) is 12.3 Å². The van der Waals surface area contributed by atoms with Gasteiger partial charge in [-0.15, -0.1) is 0 Å². The third-order valence-electron chi connectivity index (χ3n) is 2.35. The van der Waals surface area contributed by atoms with Crippen molar-refractivity contribution in [2.75, 3.05) is 25.6 Å². The van der Waals surface area contributed by atoms with E-state index in [9.17, 15) is 4.79 Å². The average Bonchev–Trinajstić information content (AvgIpc) is 2.72. The normalized spacial score (nSPS) is 12.9. The van der Waals surface area contributed by atoms with Gasteiger partial charge >= 0.3 is 5.97 Å². The van der Waals surface area contributed by atoms with Crippen molar-refractivity contribution in [2.45, 2.75) is 6.42 Å². The van der Waals surface area contributed by atoms with Crippen molar-refractivity contribution < 1.29 is 14.3 Å². The lowest BCUT2D eigenvalue weighted by atomic mass is 10.1. The Labute approximate surface area is 88.2 Å². The van der Waals surface area contributed by atoms with Gasteiger partial charge in [-0.3, -0.25) is 4.79 Å². The third-order valence-corrected chi connectivity index (χ3v) is 2.35. The topological polar surface area (TPSA) is 47.6 Å². The molecule has 4 heteroatoms. The zero-order valence-electron chi connectivity index (χ0n) is 8.58. The third kappa shape index (κ3) is 2.21. The molecule has 1 aliphatic rings. The number of carbonyl (C=O) groups excluding carboxylic acids is 1. The van der Waals surface area contributed by atoms with Crippen LogP contribution in [0.1, 0.15) is 5.56 Å². The highest BCUT2D eigenvalue weighted by atomic mass is 16.5. The van der Waals surface area contributed by atoms with E-state index < -0.39 is 0 Å². The second-order valence-corrected chi connectivity index (χ2v) is 3.35. The Balaban J connectivity index is 2.01. The van der Waals surface area contributed by atoms with Gasteiger partial charge in [-0.25, -0.2) is 0 Å². The molecule has 1 aliphatic heterocycles. The van der Waals surface area contributed by atoms with Crippen molar-refractivity contribution in [1.82, 2.24) is 0 Å². The minimum atomic E-state index is -0.272. The lowest BCUT2D eigenvalue weighted by Gasteiger charge is -2.06. The molecule has 0 radical (unpaired) electrons. The maximum Gasteiger partial charge on any atom is 0.325 e. The van der Waals surface area contributed by atoms with Gasteiger partial charge in [0, 0.05) is 12.1 Å². The minimum Gasteiger partial charge on any atom is -0.493 e. The highest BCUT2D eigenvalue weighted by Gasteiger charge is 2.12. The van der Waals surface area contributed by atoms with Crippen LogP contribution in [0.3, 0.4) is 0 Å². The second kappa shape index (κ2) is 4.21. The summed E-state index contributed by atoms with van der Waals surface area (Å²) in [4.78, 5) is 10.9. The molecule has 0 saturated heterocycles. The van der Waals surface area contributed by atoms with Crippen LogP contribution in [0.25, 0.3) is 0 Å². The lowest BCUT2D eigenvalue weighted by Crippen LogP contribution is -2.14. The van der Waals surface area contributed by atoms with E-state index in [1.165, 1.54) is 12.7 Å². The van der Waals surface area contributed by atoms with Gasteiger partial charge in [0.15, 0.2) is 0 Å². The number of benzene rings is 1. The van der Waals surface area contributed by atoms with Gasteiger partial charge in [0.25, 0.3) is 0 Å². The molecule has 0 amide bonds. The first-order valence-corrected chi connectivity index (χ1v) is 4.86. The predicted molar refractivity (Wildman–Crippen MR) is 56.1 cm³/mol. The molecule has 80 valence electrons. The molecule has 0 spiro atoms. The fourth-order valence-corrected chi connectivity index (χ4v) is 1.54. The summed E-state index contributed by atoms with van der Waals surface area (Å²) in [5, 5.41) is 2.99. The Kier molecular flexibility index (Phi) is 2.76. The van der Waals surface area contributed by atoms with Crippen molar-refractivity contribution >= 4 is 11.7 Å². The summed E-state index contributed by atoms with van der Waals surface area (Å²) in [6.45, 7) is 0.936. The fourth-order valence-electron chi connectivity index (χ4n) is 1.54. The lowest BCUT2D eigenvalue weighted by molar-refractivity contribution is -0.138. The highest BCUT2D eigenvalue weighted by Crippen LogP contribution is 2.27. The minimum absolute atomic E-state index is 0.191. The van der Waals surface area contributed by atoms with E-state index >= 15 is 0 Å². The first kappa shape index (κ1) is 9.83. The zero-order chi connectivity index (χ0) is 10.7. The van der Waals surface area contributed by atoms with Crippen LogP contribution in [-0.4, -0.2) is 26.2 Å². The van der Waals surface area contributed by atoms with Crippen molar-refractivity contribution in [2.24, 2.45) is 0 Å². The van der Waals surface area contributed by atoms with Crippen molar-refractivity contribution in [3.05, 3.63) is 23.8 Å². The van der Waals surface area contributed by atoms with Crippen LogP contribution < -0.4 is 10.1 Å². The van der Waals surface area contributed by atoms with Crippen LogP contribution in [0.4, 0.5) is 5.69 Å². The molecule has 1 heterocycles. The number of fused-ring (bicyclic) bond motifs is 1. The molecule has 4 nitrogen and oxygen atoms in total. The number of nitrogens with one attached hydrogen (secondary N) is 1. The number of esters is 1. The van der Waals surface area contributed by atoms with Crippen LogP contribution in [-0.2, 0) is 16.0 Å². The van der Waals surface area contributed by atoms with Gasteiger partial charge in [0.05, 0.1) is 13.7 Å². The van der Waals surface area contributed by atoms with E-state index in [2.05, 4.69) is 10.1 Å². The number of hydrogen-bond acceptors (Lipinski definition) is 4. The van der Waals surface area contributed by atoms with Crippen molar-refractivity contribution in [3.63, 3.8) is 0 Å². The van der Waals surface area contributed by atoms with Crippen LogP contribution >= 0.6 is 0 Å². The number of anilines is 1. The zero-order valence-corrected chi connectivity index (χ0v) is 8.58. The van der Waals surface area contributed by atoms with Crippen molar-refractivity contribution in [3.8, 4) is 5.75 Å². The summed E-state index contributed by atoms with van der Waals surface area (Å²) < 4.78 is 9.92. The van der Waals surface area contributed by atoms with E-state index in [-0.39, 0.29) is 12.5 Å². The Morgan fingerprint density at radius 2 is 2.47 bits per heavy atom. The van der Waals surface area contributed by atoms with Gasteiger partial charge < -0.3 is 14.8 Å². The number of rotatable bonds is 3. The summed E-state index contributed by atoms with van der Waals surface area (Å²) >= 11 is 0. The summed E-state index contributed by atoms with van der Waals surface area (Å²) in [5.74, 6) is 0.672. The van der Waals surface area contributed by atoms with E-state index in [4.69, 9.17) is 4.74 Å². The first-order valence-electron chi connectivity index (χ1n) is 4.86. The summed E-state index contributed by atoms with van der Waals surface area (Å²) in [6, 6.07) is 5.82. The van der Waals surface area contributed by atoms with Crippen LogP contribution in [0.15, 0.2) is 18.2 Å². The summed E-state index contributed by atoms with van der Waals surface area (Å²) in [6.07, 6.45) is 0.934. The van der Waals surface area contributed by atoms with Gasteiger partial charge in [-0.2, -0.15) is 0 Å². The number of methoxy groups -OCH3 is 1. The van der Waals surface area contributed by atoms with E-state index in [0.717, 1.165) is 24.5 Å².